The SMILES string of the molecule is CCOc1ccc(C(C)N)cc1COC1CCOCC1. The van der Waals surface area contributed by atoms with E-state index in [9.17, 15) is 0 Å². The lowest BCUT2D eigenvalue weighted by Crippen LogP contribution is -2.23. The fraction of sp³-hybridized carbons (Fsp3) is 0.625. The molecule has 1 saturated heterocycles. The van der Waals surface area contributed by atoms with Crippen LogP contribution in [0.4, 0.5) is 0 Å². The van der Waals surface area contributed by atoms with Crippen LogP contribution in [0.1, 0.15) is 43.9 Å². The molecule has 0 saturated carbocycles. The van der Waals surface area contributed by atoms with Gasteiger partial charge in [-0.15, -0.1) is 0 Å². The molecule has 2 N–H and O–H groups in total. The number of nitrogens with two attached hydrogens (primary N) is 1. The lowest BCUT2D eigenvalue weighted by atomic mass is 10.0. The molecule has 4 heteroatoms. The summed E-state index contributed by atoms with van der Waals surface area (Å²) >= 11 is 0. The van der Waals surface area contributed by atoms with Gasteiger partial charge in [-0.1, -0.05) is 6.07 Å². The molecule has 1 fully saturated rings. The van der Waals surface area contributed by atoms with Crippen LogP contribution in [0, 0.1) is 0 Å². The summed E-state index contributed by atoms with van der Waals surface area (Å²) in [5.41, 5.74) is 8.13. The number of hydrogen-bond acceptors (Lipinski definition) is 4. The number of hydrogen-bond donors (Lipinski definition) is 1. The van der Waals surface area contributed by atoms with Gasteiger partial charge in [-0.05, 0) is 44.4 Å². The molecule has 0 amide bonds. The van der Waals surface area contributed by atoms with Crippen molar-refractivity contribution < 1.29 is 14.2 Å². The van der Waals surface area contributed by atoms with E-state index in [2.05, 4.69) is 6.07 Å². The van der Waals surface area contributed by atoms with Gasteiger partial charge in [0.15, 0.2) is 0 Å². The van der Waals surface area contributed by atoms with Crippen molar-refractivity contribution in [1.82, 2.24) is 0 Å². The van der Waals surface area contributed by atoms with Crippen LogP contribution >= 0.6 is 0 Å². The van der Waals surface area contributed by atoms with Crippen molar-refractivity contribution in [3.63, 3.8) is 0 Å². The predicted molar refractivity (Wildman–Crippen MR) is 78.8 cm³/mol. The Labute approximate surface area is 121 Å². The predicted octanol–water partition coefficient (Wildman–Crippen LogP) is 2.80. The van der Waals surface area contributed by atoms with Gasteiger partial charge in [0, 0.05) is 24.8 Å². The molecular formula is C16H25NO3. The van der Waals surface area contributed by atoms with Crippen molar-refractivity contribution in [2.75, 3.05) is 19.8 Å². The topological polar surface area (TPSA) is 53.7 Å². The van der Waals surface area contributed by atoms with Gasteiger partial charge in [0.25, 0.3) is 0 Å². The second-order valence-corrected chi connectivity index (χ2v) is 5.21. The summed E-state index contributed by atoms with van der Waals surface area (Å²) in [4.78, 5) is 0. The zero-order valence-electron chi connectivity index (χ0n) is 12.4. The van der Waals surface area contributed by atoms with Gasteiger partial charge in [0.05, 0.1) is 19.3 Å². The fourth-order valence-electron chi connectivity index (χ4n) is 2.34. The molecular weight excluding hydrogens is 254 g/mol. The molecule has 2 rings (SSSR count). The zero-order valence-corrected chi connectivity index (χ0v) is 12.4. The Morgan fingerprint density at radius 1 is 1.35 bits per heavy atom. The molecule has 1 aliphatic heterocycles. The van der Waals surface area contributed by atoms with E-state index in [-0.39, 0.29) is 12.1 Å². The summed E-state index contributed by atoms with van der Waals surface area (Å²) in [5.74, 6) is 0.893. The second-order valence-electron chi connectivity index (χ2n) is 5.21. The zero-order chi connectivity index (χ0) is 14.4. The lowest BCUT2D eigenvalue weighted by Gasteiger charge is -2.23. The van der Waals surface area contributed by atoms with Gasteiger partial charge in [-0.2, -0.15) is 0 Å². The standard InChI is InChI=1S/C16H25NO3/c1-3-19-16-5-4-13(12(2)17)10-14(16)11-20-15-6-8-18-9-7-15/h4-5,10,12,15H,3,6-9,11,17H2,1-2H3. The maximum Gasteiger partial charge on any atom is 0.124 e. The van der Waals surface area contributed by atoms with E-state index in [4.69, 9.17) is 19.9 Å². The van der Waals surface area contributed by atoms with Crippen molar-refractivity contribution in [2.24, 2.45) is 5.73 Å². The molecule has 0 bridgehead atoms. The summed E-state index contributed by atoms with van der Waals surface area (Å²) in [6, 6.07) is 6.13. The molecule has 1 heterocycles. The number of rotatable bonds is 6. The average molecular weight is 279 g/mol. The van der Waals surface area contributed by atoms with Crippen LogP contribution < -0.4 is 10.5 Å². The molecule has 0 aromatic heterocycles. The quantitative estimate of drug-likeness (QED) is 0.870. The molecule has 1 aliphatic rings. The molecule has 20 heavy (non-hydrogen) atoms. The van der Waals surface area contributed by atoms with Crippen LogP contribution in [0.15, 0.2) is 18.2 Å². The third-order valence-corrected chi connectivity index (χ3v) is 3.55. The monoisotopic (exact) mass is 279 g/mol. The van der Waals surface area contributed by atoms with Crippen molar-refractivity contribution in [1.29, 1.82) is 0 Å². The summed E-state index contributed by atoms with van der Waals surface area (Å²) in [7, 11) is 0. The summed E-state index contributed by atoms with van der Waals surface area (Å²) in [5, 5.41) is 0. The highest BCUT2D eigenvalue weighted by Crippen LogP contribution is 2.25. The molecule has 1 atom stereocenters. The van der Waals surface area contributed by atoms with Gasteiger partial charge >= 0.3 is 0 Å². The summed E-state index contributed by atoms with van der Waals surface area (Å²) in [6.45, 7) is 6.79. The van der Waals surface area contributed by atoms with Crippen LogP contribution in [0.25, 0.3) is 0 Å². The smallest absolute Gasteiger partial charge is 0.124 e. The molecule has 4 nitrogen and oxygen atoms in total. The third-order valence-electron chi connectivity index (χ3n) is 3.55. The molecule has 112 valence electrons. The normalized spacial score (nSPS) is 17.9. The molecule has 1 unspecified atom stereocenters. The first-order valence-corrected chi connectivity index (χ1v) is 7.41. The Bertz CT molecular complexity index is 414. The highest BCUT2D eigenvalue weighted by Gasteiger charge is 2.15. The highest BCUT2D eigenvalue weighted by atomic mass is 16.5. The molecule has 1 aromatic rings. The largest absolute Gasteiger partial charge is 0.494 e. The third kappa shape index (κ3) is 4.20. The summed E-state index contributed by atoms with van der Waals surface area (Å²) < 4.78 is 17.0. The fourth-order valence-corrected chi connectivity index (χ4v) is 2.34. The van der Waals surface area contributed by atoms with Gasteiger partial charge in [0.1, 0.15) is 5.75 Å². The second kappa shape index (κ2) is 7.62. The highest BCUT2D eigenvalue weighted by molar-refractivity contribution is 5.38. The van der Waals surface area contributed by atoms with E-state index in [0.717, 1.165) is 42.9 Å². The van der Waals surface area contributed by atoms with E-state index >= 15 is 0 Å². The first kappa shape index (κ1) is 15.3. The summed E-state index contributed by atoms with van der Waals surface area (Å²) in [6.07, 6.45) is 2.23. The van der Waals surface area contributed by atoms with Gasteiger partial charge in [0.2, 0.25) is 0 Å². The van der Waals surface area contributed by atoms with Gasteiger partial charge < -0.3 is 19.9 Å². The molecule has 0 radical (unpaired) electrons. The van der Waals surface area contributed by atoms with Crippen molar-refractivity contribution in [3.05, 3.63) is 29.3 Å². The maximum atomic E-state index is 5.99. The van der Waals surface area contributed by atoms with E-state index in [1.165, 1.54) is 0 Å². The Morgan fingerprint density at radius 3 is 2.75 bits per heavy atom. The minimum atomic E-state index is 0.0208. The minimum absolute atomic E-state index is 0.0208. The minimum Gasteiger partial charge on any atom is -0.494 e. The Hall–Kier alpha value is -1.10. The maximum absolute atomic E-state index is 5.99. The molecule has 0 spiro atoms. The van der Waals surface area contributed by atoms with Crippen LogP contribution in [-0.2, 0) is 16.1 Å². The van der Waals surface area contributed by atoms with Crippen LogP contribution in [0.5, 0.6) is 5.75 Å². The Kier molecular flexibility index (Phi) is 5.83. The first-order valence-electron chi connectivity index (χ1n) is 7.41. The van der Waals surface area contributed by atoms with Crippen molar-refractivity contribution in [3.8, 4) is 5.75 Å². The van der Waals surface area contributed by atoms with E-state index in [0.29, 0.717) is 13.2 Å². The van der Waals surface area contributed by atoms with E-state index in [1.54, 1.807) is 0 Å². The van der Waals surface area contributed by atoms with E-state index < -0.39 is 0 Å². The Morgan fingerprint density at radius 2 is 2.10 bits per heavy atom. The van der Waals surface area contributed by atoms with E-state index in [1.807, 2.05) is 26.0 Å². The molecule has 0 aliphatic carbocycles. The van der Waals surface area contributed by atoms with Crippen LogP contribution in [-0.4, -0.2) is 25.9 Å². The molecule has 1 aromatic carbocycles. The van der Waals surface area contributed by atoms with Crippen LogP contribution in [0.3, 0.4) is 0 Å². The lowest BCUT2D eigenvalue weighted by molar-refractivity contribution is -0.0395. The van der Waals surface area contributed by atoms with Gasteiger partial charge in [-0.3, -0.25) is 0 Å². The first-order chi connectivity index (χ1) is 9.70. The number of benzene rings is 1. The van der Waals surface area contributed by atoms with Crippen molar-refractivity contribution >= 4 is 0 Å². The van der Waals surface area contributed by atoms with Gasteiger partial charge in [-0.25, -0.2) is 0 Å². The van der Waals surface area contributed by atoms with Crippen LogP contribution in [0.2, 0.25) is 0 Å². The Balaban J connectivity index is 2.04. The van der Waals surface area contributed by atoms with Crippen molar-refractivity contribution in [2.45, 2.75) is 45.4 Å². The average Bonchev–Trinajstić information content (AvgIpc) is 2.47. The number of ether oxygens (including phenoxy) is 3.